The zero-order valence-electron chi connectivity index (χ0n) is 20.0. The first-order chi connectivity index (χ1) is 16.6. The number of carbonyl (C=O) groups excluding carboxylic acids is 1. The molecule has 0 unspecified atom stereocenters. The van der Waals surface area contributed by atoms with E-state index >= 15 is 0 Å². The molecule has 1 aromatic heterocycles. The summed E-state index contributed by atoms with van der Waals surface area (Å²) in [5, 5.41) is 10.7. The SMILES string of the molecule is CCC(=O)NCCNc1nc(NC2CCN(Cc3ccccc3)CC2)c2ccc(OC)cc2n1. The van der Waals surface area contributed by atoms with Gasteiger partial charge in [0, 0.05) is 56.6 Å². The average molecular weight is 463 g/mol. The molecule has 1 aliphatic heterocycles. The Kier molecular flexibility index (Phi) is 8.14. The lowest BCUT2D eigenvalue weighted by Crippen LogP contribution is -2.38. The standard InChI is InChI=1S/C26H34N6O2/c1-3-24(33)27-13-14-28-26-30-23-17-21(34-2)9-10-22(23)25(31-26)29-20-11-15-32(16-12-20)18-19-7-5-4-6-8-19/h4-10,17,20H,3,11-16,18H2,1-2H3,(H,27,33)(H2,28,29,30,31). The first-order valence-electron chi connectivity index (χ1n) is 12.0. The van der Waals surface area contributed by atoms with Crippen molar-refractivity contribution in [1.29, 1.82) is 0 Å². The third-order valence-electron chi connectivity index (χ3n) is 6.13. The maximum absolute atomic E-state index is 11.5. The number of hydrogen-bond donors (Lipinski definition) is 3. The van der Waals surface area contributed by atoms with Crippen molar-refractivity contribution in [3.8, 4) is 5.75 Å². The minimum atomic E-state index is 0.0342. The number of methoxy groups -OCH3 is 1. The van der Waals surface area contributed by atoms with Gasteiger partial charge >= 0.3 is 0 Å². The summed E-state index contributed by atoms with van der Waals surface area (Å²) in [7, 11) is 1.65. The van der Waals surface area contributed by atoms with Crippen molar-refractivity contribution in [3.05, 3.63) is 54.1 Å². The zero-order chi connectivity index (χ0) is 23.8. The molecule has 0 spiro atoms. The number of anilines is 2. The highest BCUT2D eigenvalue weighted by molar-refractivity contribution is 5.91. The summed E-state index contributed by atoms with van der Waals surface area (Å²) in [6, 6.07) is 16.9. The molecule has 0 radical (unpaired) electrons. The summed E-state index contributed by atoms with van der Waals surface area (Å²) in [5.74, 6) is 2.16. The molecule has 8 nitrogen and oxygen atoms in total. The summed E-state index contributed by atoms with van der Waals surface area (Å²) in [6.07, 6.45) is 2.59. The van der Waals surface area contributed by atoms with Gasteiger partial charge in [0.15, 0.2) is 0 Å². The van der Waals surface area contributed by atoms with Crippen LogP contribution in [0, 0.1) is 0 Å². The Morgan fingerprint density at radius 1 is 1.09 bits per heavy atom. The molecule has 2 aromatic carbocycles. The summed E-state index contributed by atoms with van der Waals surface area (Å²) >= 11 is 0. The third kappa shape index (κ3) is 6.35. The van der Waals surface area contributed by atoms with E-state index in [1.807, 2.05) is 25.1 Å². The fourth-order valence-corrected chi connectivity index (χ4v) is 4.20. The van der Waals surface area contributed by atoms with Gasteiger partial charge in [-0.25, -0.2) is 4.98 Å². The van der Waals surface area contributed by atoms with Gasteiger partial charge in [-0.15, -0.1) is 0 Å². The summed E-state index contributed by atoms with van der Waals surface area (Å²) in [6.45, 7) is 6.00. The van der Waals surface area contributed by atoms with E-state index in [0.717, 1.165) is 54.9 Å². The number of fused-ring (bicyclic) bond motifs is 1. The molecule has 0 aliphatic carbocycles. The zero-order valence-corrected chi connectivity index (χ0v) is 20.0. The third-order valence-corrected chi connectivity index (χ3v) is 6.13. The first-order valence-corrected chi connectivity index (χ1v) is 12.0. The van der Waals surface area contributed by atoms with Crippen molar-refractivity contribution in [1.82, 2.24) is 20.2 Å². The largest absolute Gasteiger partial charge is 0.497 e. The van der Waals surface area contributed by atoms with Crippen LogP contribution < -0.4 is 20.7 Å². The number of piperidine rings is 1. The van der Waals surface area contributed by atoms with E-state index in [0.29, 0.717) is 31.5 Å². The number of carbonyl (C=O) groups is 1. The van der Waals surface area contributed by atoms with E-state index in [4.69, 9.17) is 9.72 Å². The lowest BCUT2D eigenvalue weighted by atomic mass is 10.0. The van der Waals surface area contributed by atoms with Gasteiger partial charge in [-0.1, -0.05) is 37.3 Å². The average Bonchev–Trinajstić information content (AvgIpc) is 2.88. The number of rotatable bonds is 10. The Balaban J connectivity index is 1.42. The summed E-state index contributed by atoms with van der Waals surface area (Å²) in [5.41, 5.74) is 2.17. The molecule has 0 saturated carbocycles. The van der Waals surface area contributed by atoms with Crippen LogP contribution in [0.1, 0.15) is 31.7 Å². The van der Waals surface area contributed by atoms with Crippen molar-refractivity contribution in [2.45, 2.75) is 38.8 Å². The van der Waals surface area contributed by atoms with E-state index in [2.05, 4.69) is 56.2 Å². The van der Waals surface area contributed by atoms with Crippen LogP contribution in [0.25, 0.3) is 10.9 Å². The van der Waals surface area contributed by atoms with Gasteiger partial charge in [-0.05, 0) is 30.5 Å². The van der Waals surface area contributed by atoms with Crippen LogP contribution in [-0.4, -0.2) is 60.1 Å². The van der Waals surface area contributed by atoms with E-state index < -0.39 is 0 Å². The predicted octanol–water partition coefficient (Wildman–Crippen LogP) is 3.65. The fourth-order valence-electron chi connectivity index (χ4n) is 4.20. The number of nitrogens with one attached hydrogen (secondary N) is 3. The second-order valence-electron chi connectivity index (χ2n) is 8.59. The van der Waals surface area contributed by atoms with Gasteiger partial charge in [0.25, 0.3) is 0 Å². The Hall–Kier alpha value is -3.39. The van der Waals surface area contributed by atoms with Crippen LogP contribution in [0.3, 0.4) is 0 Å². The molecular weight excluding hydrogens is 428 g/mol. The van der Waals surface area contributed by atoms with E-state index in [1.54, 1.807) is 7.11 Å². The smallest absolute Gasteiger partial charge is 0.225 e. The molecule has 8 heteroatoms. The Labute approximate surface area is 201 Å². The number of aromatic nitrogens is 2. The quantitative estimate of drug-likeness (QED) is 0.396. The van der Waals surface area contributed by atoms with E-state index in [-0.39, 0.29) is 5.91 Å². The van der Waals surface area contributed by atoms with Crippen LogP contribution in [-0.2, 0) is 11.3 Å². The summed E-state index contributed by atoms with van der Waals surface area (Å²) < 4.78 is 5.40. The van der Waals surface area contributed by atoms with Crippen molar-refractivity contribution in [3.63, 3.8) is 0 Å². The number of hydrogen-bond acceptors (Lipinski definition) is 7. The highest BCUT2D eigenvalue weighted by atomic mass is 16.5. The minimum Gasteiger partial charge on any atom is -0.497 e. The molecule has 3 N–H and O–H groups in total. The maximum atomic E-state index is 11.5. The maximum Gasteiger partial charge on any atom is 0.225 e. The molecule has 1 fully saturated rings. The van der Waals surface area contributed by atoms with Crippen LogP contribution in [0.15, 0.2) is 48.5 Å². The molecule has 1 aliphatic rings. The van der Waals surface area contributed by atoms with Gasteiger partial charge in [-0.2, -0.15) is 4.98 Å². The number of nitrogens with zero attached hydrogens (tertiary/aromatic N) is 3. The normalized spacial score (nSPS) is 14.6. The molecule has 0 atom stereocenters. The number of likely N-dealkylation sites (tertiary alicyclic amines) is 1. The highest BCUT2D eigenvalue weighted by Crippen LogP contribution is 2.28. The van der Waals surface area contributed by atoms with Crippen LogP contribution in [0.5, 0.6) is 5.75 Å². The monoisotopic (exact) mass is 462 g/mol. The molecular formula is C26H34N6O2. The summed E-state index contributed by atoms with van der Waals surface area (Å²) in [4.78, 5) is 23.4. The molecule has 2 heterocycles. The topological polar surface area (TPSA) is 91.4 Å². The van der Waals surface area contributed by atoms with Crippen molar-refractivity contribution in [2.75, 3.05) is 43.9 Å². The molecule has 1 amide bonds. The number of amides is 1. The highest BCUT2D eigenvalue weighted by Gasteiger charge is 2.21. The molecule has 0 bridgehead atoms. The van der Waals surface area contributed by atoms with Crippen molar-refractivity contribution < 1.29 is 9.53 Å². The van der Waals surface area contributed by atoms with Gasteiger partial charge < -0.3 is 20.7 Å². The Bertz CT molecular complexity index is 1080. The van der Waals surface area contributed by atoms with E-state index in [9.17, 15) is 4.79 Å². The van der Waals surface area contributed by atoms with Gasteiger partial charge in [-0.3, -0.25) is 9.69 Å². The van der Waals surface area contributed by atoms with Crippen LogP contribution in [0.4, 0.5) is 11.8 Å². The predicted molar refractivity (Wildman–Crippen MR) is 136 cm³/mol. The lowest BCUT2D eigenvalue weighted by molar-refractivity contribution is -0.120. The van der Waals surface area contributed by atoms with Gasteiger partial charge in [0.1, 0.15) is 11.6 Å². The van der Waals surface area contributed by atoms with Crippen LogP contribution in [0.2, 0.25) is 0 Å². The van der Waals surface area contributed by atoms with Crippen molar-refractivity contribution >= 4 is 28.6 Å². The van der Waals surface area contributed by atoms with Gasteiger partial charge in [0.05, 0.1) is 12.6 Å². The Morgan fingerprint density at radius 2 is 1.88 bits per heavy atom. The second kappa shape index (κ2) is 11.7. The molecule has 180 valence electrons. The molecule has 3 aromatic rings. The van der Waals surface area contributed by atoms with Gasteiger partial charge in [0.2, 0.25) is 11.9 Å². The second-order valence-corrected chi connectivity index (χ2v) is 8.59. The minimum absolute atomic E-state index is 0.0342. The fraction of sp³-hybridized carbons (Fsp3) is 0.423. The number of ether oxygens (including phenoxy) is 1. The lowest BCUT2D eigenvalue weighted by Gasteiger charge is -2.32. The van der Waals surface area contributed by atoms with Crippen molar-refractivity contribution in [2.24, 2.45) is 0 Å². The van der Waals surface area contributed by atoms with Crippen LogP contribution >= 0.6 is 0 Å². The molecule has 1 saturated heterocycles. The molecule has 4 rings (SSSR count). The van der Waals surface area contributed by atoms with E-state index in [1.165, 1.54) is 5.56 Å². The first kappa shape index (κ1) is 23.8. The Morgan fingerprint density at radius 3 is 2.62 bits per heavy atom. The number of benzene rings is 2. The molecule has 34 heavy (non-hydrogen) atoms.